The first-order valence-corrected chi connectivity index (χ1v) is 10.2. The highest BCUT2D eigenvalue weighted by Crippen LogP contribution is 2.23. The summed E-state index contributed by atoms with van der Waals surface area (Å²) in [4.78, 5) is 5.78. The molecule has 0 unspecified atom stereocenters. The van der Waals surface area contributed by atoms with E-state index in [4.69, 9.17) is 5.73 Å². The summed E-state index contributed by atoms with van der Waals surface area (Å²) in [5.41, 5.74) is 10.7. The molecule has 0 amide bonds. The molecular formula is C23H23N3S. The van der Waals surface area contributed by atoms with Crippen molar-refractivity contribution in [2.24, 2.45) is 10.7 Å². The van der Waals surface area contributed by atoms with Gasteiger partial charge in [-0.2, -0.15) is 0 Å². The molecule has 2 aromatic heterocycles. The predicted octanol–water partition coefficient (Wildman–Crippen LogP) is 5.74. The summed E-state index contributed by atoms with van der Waals surface area (Å²) in [7, 11) is 0. The third-order valence-electron chi connectivity index (χ3n) is 4.66. The lowest BCUT2D eigenvalue weighted by molar-refractivity contribution is 0.851. The fourth-order valence-corrected chi connectivity index (χ4v) is 4.18. The van der Waals surface area contributed by atoms with Gasteiger partial charge in [0.1, 0.15) is 5.84 Å². The summed E-state index contributed by atoms with van der Waals surface area (Å²) in [5.74, 6) is 0.560. The Morgan fingerprint density at radius 1 is 1.07 bits per heavy atom. The SMILES string of the molecule is CCCc1ccc2c(ccn2Cc2cc(C(N)=Nc3ccccc3)cs2)c1. The second kappa shape index (κ2) is 7.80. The normalized spacial score (nSPS) is 12.0. The van der Waals surface area contributed by atoms with Crippen molar-refractivity contribution in [2.75, 3.05) is 0 Å². The van der Waals surface area contributed by atoms with E-state index in [1.807, 2.05) is 30.3 Å². The van der Waals surface area contributed by atoms with Crippen LogP contribution in [0.3, 0.4) is 0 Å². The van der Waals surface area contributed by atoms with Crippen LogP contribution in [-0.4, -0.2) is 10.4 Å². The van der Waals surface area contributed by atoms with Gasteiger partial charge in [-0.1, -0.05) is 37.6 Å². The lowest BCUT2D eigenvalue weighted by Gasteiger charge is -2.05. The van der Waals surface area contributed by atoms with Crippen LogP contribution in [0, 0.1) is 0 Å². The molecule has 3 nitrogen and oxygen atoms in total. The standard InChI is InChI=1S/C23H23N3S/c1-2-6-17-9-10-22-18(13-17)11-12-26(22)15-21-14-19(16-27-21)23(24)25-20-7-4-3-5-8-20/h3-5,7-14,16H,2,6,15H2,1H3,(H2,24,25). The average molecular weight is 374 g/mol. The van der Waals surface area contributed by atoms with Crippen LogP contribution >= 0.6 is 11.3 Å². The third-order valence-corrected chi connectivity index (χ3v) is 5.58. The molecule has 0 aliphatic rings. The van der Waals surface area contributed by atoms with Crippen molar-refractivity contribution >= 4 is 33.8 Å². The Labute approximate surface area is 163 Å². The van der Waals surface area contributed by atoms with E-state index in [1.54, 1.807) is 11.3 Å². The fraction of sp³-hybridized carbons (Fsp3) is 0.174. The molecule has 0 atom stereocenters. The summed E-state index contributed by atoms with van der Waals surface area (Å²) in [6.07, 6.45) is 4.48. The lowest BCUT2D eigenvalue weighted by atomic mass is 10.1. The number of hydrogen-bond acceptors (Lipinski definition) is 2. The largest absolute Gasteiger partial charge is 0.383 e. The van der Waals surface area contributed by atoms with Gasteiger partial charge in [-0.3, -0.25) is 0 Å². The number of nitrogens with two attached hydrogens (primary N) is 1. The van der Waals surface area contributed by atoms with E-state index in [2.05, 4.69) is 58.4 Å². The van der Waals surface area contributed by atoms with Crippen molar-refractivity contribution in [3.05, 3.63) is 88.2 Å². The molecule has 136 valence electrons. The lowest BCUT2D eigenvalue weighted by Crippen LogP contribution is -2.11. The Hall–Kier alpha value is -2.85. The van der Waals surface area contributed by atoms with E-state index in [9.17, 15) is 0 Å². The minimum absolute atomic E-state index is 0.560. The number of aromatic nitrogens is 1. The number of nitrogens with zero attached hydrogens (tertiary/aromatic N) is 2. The molecule has 0 aliphatic carbocycles. The second-order valence-corrected chi connectivity index (χ2v) is 7.72. The fourth-order valence-electron chi connectivity index (χ4n) is 3.30. The maximum Gasteiger partial charge on any atom is 0.132 e. The Morgan fingerprint density at radius 2 is 1.93 bits per heavy atom. The second-order valence-electron chi connectivity index (χ2n) is 6.72. The van der Waals surface area contributed by atoms with Crippen LogP contribution in [0.25, 0.3) is 10.9 Å². The summed E-state index contributed by atoms with van der Waals surface area (Å²) in [6.45, 7) is 3.07. The van der Waals surface area contributed by atoms with Crippen LogP contribution in [-0.2, 0) is 13.0 Å². The summed E-state index contributed by atoms with van der Waals surface area (Å²) in [5, 5.41) is 3.39. The molecule has 0 saturated carbocycles. The number of para-hydroxylation sites is 1. The van der Waals surface area contributed by atoms with Crippen molar-refractivity contribution < 1.29 is 0 Å². The van der Waals surface area contributed by atoms with Crippen molar-refractivity contribution in [1.82, 2.24) is 4.57 Å². The number of aliphatic imine (C=N–C) groups is 1. The molecule has 4 heteroatoms. The van der Waals surface area contributed by atoms with Crippen molar-refractivity contribution in [2.45, 2.75) is 26.3 Å². The summed E-state index contributed by atoms with van der Waals surface area (Å²) < 4.78 is 2.30. The number of aryl methyl sites for hydroxylation is 1. The number of amidine groups is 1. The van der Waals surface area contributed by atoms with Crippen molar-refractivity contribution in [3.8, 4) is 0 Å². The molecule has 0 fully saturated rings. The quantitative estimate of drug-likeness (QED) is 0.340. The summed E-state index contributed by atoms with van der Waals surface area (Å²) in [6, 6.07) is 21.0. The smallest absolute Gasteiger partial charge is 0.132 e. The number of rotatable bonds is 6. The number of thiophene rings is 1. The predicted molar refractivity (Wildman–Crippen MR) is 116 cm³/mol. The first-order valence-electron chi connectivity index (χ1n) is 9.27. The van der Waals surface area contributed by atoms with E-state index < -0.39 is 0 Å². The Morgan fingerprint density at radius 3 is 2.74 bits per heavy atom. The number of benzene rings is 2. The highest BCUT2D eigenvalue weighted by molar-refractivity contribution is 7.10. The molecular weight excluding hydrogens is 350 g/mol. The van der Waals surface area contributed by atoms with Gasteiger partial charge < -0.3 is 10.3 Å². The first kappa shape index (κ1) is 17.6. The maximum atomic E-state index is 6.20. The highest BCUT2D eigenvalue weighted by atomic mass is 32.1. The molecule has 4 aromatic rings. The Bertz CT molecular complexity index is 1070. The van der Waals surface area contributed by atoms with E-state index in [0.717, 1.165) is 24.2 Å². The van der Waals surface area contributed by atoms with E-state index >= 15 is 0 Å². The molecule has 27 heavy (non-hydrogen) atoms. The van der Waals surface area contributed by atoms with Gasteiger partial charge in [0.05, 0.1) is 12.2 Å². The number of hydrogen-bond donors (Lipinski definition) is 1. The molecule has 2 N–H and O–H groups in total. The van der Waals surface area contributed by atoms with Gasteiger partial charge in [0.2, 0.25) is 0 Å². The number of fused-ring (bicyclic) bond motifs is 1. The Kier molecular flexibility index (Phi) is 5.07. The zero-order chi connectivity index (χ0) is 18.6. The zero-order valence-corrected chi connectivity index (χ0v) is 16.2. The Balaban J connectivity index is 1.54. The van der Waals surface area contributed by atoms with Gasteiger partial charge in [0.25, 0.3) is 0 Å². The van der Waals surface area contributed by atoms with Gasteiger partial charge in [-0.05, 0) is 53.8 Å². The maximum absolute atomic E-state index is 6.20. The van der Waals surface area contributed by atoms with Crippen LogP contribution in [0.5, 0.6) is 0 Å². The average Bonchev–Trinajstić information content (AvgIpc) is 3.31. The van der Waals surface area contributed by atoms with Crippen LogP contribution in [0.2, 0.25) is 0 Å². The molecule has 2 heterocycles. The van der Waals surface area contributed by atoms with Gasteiger partial charge in [0.15, 0.2) is 0 Å². The third kappa shape index (κ3) is 3.96. The van der Waals surface area contributed by atoms with Gasteiger partial charge in [-0.15, -0.1) is 11.3 Å². The van der Waals surface area contributed by atoms with Gasteiger partial charge in [0, 0.05) is 27.5 Å². The van der Waals surface area contributed by atoms with Crippen LogP contribution in [0.1, 0.15) is 29.3 Å². The molecule has 0 radical (unpaired) electrons. The van der Waals surface area contributed by atoms with Crippen LogP contribution in [0.4, 0.5) is 5.69 Å². The van der Waals surface area contributed by atoms with Crippen LogP contribution in [0.15, 0.2) is 77.2 Å². The molecule has 0 bridgehead atoms. The van der Waals surface area contributed by atoms with E-state index in [-0.39, 0.29) is 0 Å². The topological polar surface area (TPSA) is 43.3 Å². The molecule has 0 spiro atoms. The van der Waals surface area contributed by atoms with Crippen molar-refractivity contribution in [3.63, 3.8) is 0 Å². The van der Waals surface area contributed by atoms with Crippen LogP contribution < -0.4 is 5.73 Å². The minimum Gasteiger partial charge on any atom is -0.383 e. The molecule has 0 saturated heterocycles. The summed E-state index contributed by atoms with van der Waals surface area (Å²) >= 11 is 1.72. The van der Waals surface area contributed by atoms with E-state index in [1.165, 1.54) is 27.8 Å². The van der Waals surface area contributed by atoms with Gasteiger partial charge in [-0.25, -0.2) is 4.99 Å². The molecule has 4 rings (SSSR count). The molecule has 0 aliphatic heterocycles. The zero-order valence-electron chi connectivity index (χ0n) is 15.4. The monoisotopic (exact) mass is 373 g/mol. The first-order chi connectivity index (χ1) is 13.2. The molecule has 2 aromatic carbocycles. The highest BCUT2D eigenvalue weighted by Gasteiger charge is 2.07. The minimum atomic E-state index is 0.560. The van der Waals surface area contributed by atoms with E-state index in [0.29, 0.717) is 5.84 Å². The van der Waals surface area contributed by atoms with Crippen molar-refractivity contribution in [1.29, 1.82) is 0 Å². The van der Waals surface area contributed by atoms with Gasteiger partial charge >= 0.3 is 0 Å².